The maximum atomic E-state index is 12.1. The van der Waals surface area contributed by atoms with Crippen LogP contribution in [0.2, 0.25) is 0 Å². The number of aromatic nitrogens is 4. The third-order valence-electron chi connectivity index (χ3n) is 6.71. The number of ether oxygens (including phenoxy) is 4. The third kappa shape index (κ3) is 6.42. The number of morpholine rings is 1. The van der Waals surface area contributed by atoms with E-state index in [2.05, 4.69) is 22.2 Å². The van der Waals surface area contributed by atoms with Gasteiger partial charge >= 0.3 is 6.09 Å². The fourth-order valence-electron chi connectivity index (χ4n) is 4.91. The van der Waals surface area contributed by atoms with Crippen molar-refractivity contribution in [2.75, 3.05) is 44.4 Å². The summed E-state index contributed by atoms with van der Waals surface area (Å²) >= 11 is 0. The molecule has 2 aliphatic heterocycles. The molecule has 5 heterocycles. The van der Waals surface area contributed by atoms with E-state index < -0.39 is 11.7 Å². The smallest absolute Gasteiger partial charge is 0.407 e. The van der Waals surface area contributed by atoms with Crippen molar-refractivity contribution in [3.63, 3.8) is 0 Å². The number of hydrogen-bond donors (Lipinski definition) is 1. The normalized spacial score (nSPS) is 20.2. The molecule has 11 heteroatoms. The number of nitrogens with one attached hydrogen (secondary N) is 1. The van der Waals surface area contributed by atoms with E-state index in [9.17, 15) is 4.79 Å². The molecule has 0 aromatic carbocycles. The molecule has 2 atom stereocenters. The van der Waals surface area contributed by atoms with Gasteiger partial charge < -0.3 is 29.2 Å². The maximum Gasteiger partial charge on any atom is 0.407 e. The van der Waals surface area contributed by atoms with Crippen LogP contribution in [0.25, 0.3) is 22.3 Å². The monoisotopic (exact) mass is 538 g/mol. The SMILES string of the molecule is C[C@@H]1COCCN1c1cc(OCCNC(=O)OC(C)(C)C)c2ccnc(-c3ccnn3C3CCCCO3)c2n1. The summed E-state index contributed by atoms with van der Waals surface area (Å²) in [5.41, 5.74) is 1.74. The van der Waals surface area contributed by atoms with Crippen molar-refractivity contribution in [2.45, 2.75) is 64.8 Å². The topological polar surface area (TPSA) is 113 Å². The zero-order chi connectivity index (χ0) is 27.4. The second kappa shape index (κ2) is 11.7. The maximum absolute atomic E-state index is 12.1. The van der Waals surface area contributed by atoms with Crippen LogP contribution in [0.5, 0.6) is 5.75 Å². The van der Waals surface area contributed by atoms with Crippen molar-refractivity contribution in [1.29, 1.82) is 0 Å². The zero-order valence-corrected chi connectivity index (χ0v) is 23.2. The van der Waals surface area contributed by atoms with Crippen LogP contribution in [0.15, 0.2) is 30.6 Å². The van der Waals surface area contributed by atoms with Crippen LogP contribution in [0, 0.1) is 0 Å². The highest BCUT2D eigenvalue weighted by molar-refractivity contribution is 5.95. The van der Waals surface area contributed by atoms with Crippen molar-refractivity contribution >= 4 is 22.8 Å². The van der Waals surface area contributed by atoms with E-state index in [1.165, 1.54) is 0 Å². The Labute approximate surface area is 228 Å². The molecule has 0 radical (unpaired) electrons. The molecule has 39 heavy (non-hydrogen) atoms. The molecule has 2 saturated heterocycles. The Bertz CT molecular complexity index is 1280. The van der Waals surface area contributed by atoms with Crippen molar-refractivity contribution < 1.29 is 23.7 Å². The lowest BCUT2D eigenvalue weighted by Gasteiger charge is -2.34. The molecular weight excluding hydrogens is 500 g/mol. The second-order valence-electron chi connectivity index (χ2n) is 10.9. The molecule has 3 aromatic heterocycles. The molecule has 2 fully saturated rings. The number of carbonyl (C=O) groups is 1. The Morgan fingerprint density at radius 2 is 2.08 bits per heavy atom. The first-order chi connectivity index (χ1) is 18.8. The molecule has 2 aliphatic rings. The predicted octanol–water partition coefficient (Wildman–Crippen LogP) is 4.32. The van der Waals surface area contributed by atoms with Crippen molar-refractivity contribution in [2.24, 2.45) is 0 Å². The molecule has 11 nitrogen and oxygen atoms in total. The highest BCUT2D eigenvalue weighted by atomic mass is 16.6. The Morgan fingerprint density at radius 3 is 2.85 bits per heavy atom. The number of hydrogen-bond acceptors (Lipinski definition) is 9. The van der Waals surface area contributed by atoms with Crippen molar-refractivity contribution in [1.82, 2.24) is 25.1 Å². The summed E-state index contributed by atoms with van der Waals surface area (Å²) < 4.78 is 25.2. The highest BCUT2D eigenvalue weighted by Crippen LogP contribution is 2.36. The largest absolute Gasteiger partial charge is 0.491 e. The molecule has 0 saturated carbocycles. The summed E-state index contributed by atoms with van der Waals surface area (Å²) in [5.74, 6) is 1.46. The number of anilines is 1. The summed E-state index contributed by atoms with van der Waals surface area (Å²) in [6, 6.07) is 5.98. The van der Waals surface area contributed by atoms with Crippen molar-refractivity contribution in [3.05, 3.63) is 30.6 Å². The van der Waals surface area contributed by atoms with E-state index in [0.29, 0.717) is 25.5 Å². The lowest BCUT2D eigenvalue weighted by atomic mass is 10.1. The minimum atomic E-state index is -0.561. The van der Waals surface area contributed by atoms with Gasteiger partial charge in [0.2, 0.25) is 0 Å². The molecule has 1 unspecified atom stereocenters. The summed E-state index contributed by atoms with van der Waals surface area (Å²) in [6.07, 6.45) is 6.01. The molecule has 5 rings (SSSR count). The zero-order valence-electron chi connectivity index (χ0n) is 23.2. The average Bonchev–Trinajstić information content (AvgIpc) is 3.40. The Morgan fingerprint density at radius 1 is 1.21 bits per heavy atom. The van der Waals surface area contributed by atoms with Gasteiger partial charge in [0.1, 0.15) is 35.0 Å². The minimum absolute atomic E-state index is 0.127. The van der Waals surface area contributed by atoms with Gasteiger partial charge in [-0.15, -0.1) is 0 Å². The van der Waals surface area contributed by atoms with Gasteiger partial charge in [0, 0.05) is 37.0 Å². The van der Waals surface area contributed by atoms with Gasteiger partial charge in [-0.05, 0) is 59.1 Å². The molecule has 1 N–H and O–H groups in total. The van der Waals surface area contributed by atoms with Gasteiger partial charge in [-0.2, -0.15) is 5.10 Å². The van der Waals surface area contributed by atoms with Crippen LogP contribution in [0.3, 0.4) is 0 Å². The molecule has 1 amide bonds. The van der Waals surface area contributed by atoms with E-state index in [4.69, 9.17) is 28.9 Å². The Balaban J connectivity index is 1.48. The minimum Gasteiger partial charge on any atom is -0.491 e. The lowest BCUT2D eigenvalue weighted by Crippen LogP contribution is -2.44. The molecule has 3 aromatic rings. The average molecular weight is 539 g/mol. The van der Waals surface area contributed by atoms with Gasteiger partial charge in [0.15, 0.2) is 6.23 Å². The quantitative estimate of drug-likeness (QED) is 0.439. The van der Waals surface area contributed by atoms with Crippen LogP contribution in [0.1, 0.15) is 53.2 Å². The first kappa shape index (κ1) is 27.1. The summed E-state index contributed by atoms with van der Waals surface area (Å²) in [5, 5.41) is 8.17. The molecule has 0 spiro atoms. The van der Waals surface area contributed by atoms with E-state index in [1.807, 2.05) is 43.7 Å². The van der Waals surface area contributed by atoms with Crippen LogP contribution in [-0.2, 0) is 14.2 Å². The Kier molecular flexibility index (Phi) is 8.18. The molecule has 0 aliphatic carbocycles. The van der Waals surface area contributed by atoms with E-state index >= 15 is 0 Å². The standard InChI is InChI=1S/C28H38N6O5/c1-19-18-36-16-13-33(19)23-17-22(37-15-12-30-27(35)39-28(2,3)4)20-8-10-29-26(25(20)32-23)21-9-11-31-34(21)24-7-5-6-14-38-24/h8-11,17,19,24H,5-7,12-16,18H2,1-4H3,(H,30,35)/t19-,24?/m1/s1. The molecule has 0 bridgehead atoms. The van der Waals surface area contributed by atoms with Crippen LogP contribution < -0.4 is 15.0 Å². The summed E-state index contributed by atoms with van der Waals surface area (Å²) in [4.78, 5) is 24.2. The second-order valence-corrected chi connectivity index (χ2v) is 10.9. The number of nitrogens with zero attached hydrogens (tertiary/aromatic N) is 5. The van der Waals surface area contributed by atoms with Gasteiger partial charge in [-0.3, -0.25) is 4.98 Å². The summed E-state index contributed by atoms with van der Waals surface area (Å²) in [6.45, 7) is 10.9. The molecule has 210 valence electrons. The fourth-order valence-corrected chi connectivity index (χ4v) is 4.91. The third-order valence-corrected chi connectivity index (χ3v) is 6.71. The number of alkyl carbamates (subject to hydrolysis) is 1. The lowest BCUT2D eigenvalue weighted by molar-refractivity contribution is -0.0383. The first-order valence-corrected chi connectivity index (χ1v) is 13.7. The fraction of sp³-hybridized carbons (Fsp3) is 0.571. The number of pyridine rings is 2. The number of carbonyl (C=O) groups excluding carboxylic acids is 1. The van der Waals surface area contributed by atoms with Crippen molar-refractivity contribution in [3.8, 4) is 17.1 Å². The number of fused-ring (bicyclic) bond motifs is 1. The highest BCUT2D eigenvalue weighted by Gasteiger charge is 2.25. The van der Waals surface area contributed by atoms with Crippen LogP contribution >= 0.6 is 0 Å². The predicted molar refractivity (Wildman–Crippen MR) is 147 cm³/mol. The first-order valence-electron chi connectivity index (χ1n) is 13.7. The number of amides is 1. The van der Waals surface area contributed by atoms with E-state index in [1.54, 1.807) is 12.4 Å². The van der Waals surface area contributed by atoms with Gasteiger partial charge in [-0.25, -0.2) is 14.5 Å². The van der Waals surface area contributed by atoms with E-state index in [0.717, 1.165) is 60.5 Å². The summed E-state index contributed by atoms with van der Waals surface area (Å²) in [7, 11) is 0. The molecular formula is C28H38N6O5. The van der Waals surface area contributed by atoms with Gasteiger partial charge in [0.05, 0.1) is 31.5 Å². The number of rotatable bonds is 7. The van der Waals surface area contributed by atoms with Crippen LogP contribution in [-0.4, -0.2) is 77.0 Å². The Hall–Kier alpha value is -3.44. The van der Waals surface area contributed by atoms with Gasteiger partial charge in [-0.1, -0.05) is 0 Å². The van der Waals surface area contributed by atoms with E-state index in [-0.39, 0.29) is 18.9 Å². The van der Waals surface area contributed by atoms with Gasteiger partial charge in [0.25, 0.3) is 0 Å². The van der Waals surface area contributed by atoms with Crippen LogP contribution in [0.4, 0.5) is 10.6 Å².